The van der Waals surface area contributed by atoms with Crippen molar-refractivity contribution in [1.29, 1.82) is 0 Å². The SMILES string of the molecule is Cc1c(C(=O)N2CCN(C(=O)c3ccc(Cl)cc3)CC2)cnn1-c1ccc(F)cc1. The number of halogens is 2. The van der Waals surface area contributed by atoms with Gasteiger partial charge in [-0.25, -0.2) is 9.07 Å². The van der Waals surface area contributed by atoms with Gasteiger partial charge in [0.25, 0.3) is 11.8 Å². The van der Waals surface area contributed by atoms with Gasteiger partial charge in [-0.1, -0.05) is 11.6 Å². The highest BCUT2D eigenvalue weighted by molar-refractivity contribution is 6.30. The van der Waals surface area contributed by atoms with Crippen LogP contribution in [0.4, 0.5) is 4.39 Å². The van der Waals surface area contributed by atoms with Crippen LogP contribution in [0.2, 0.25) is 5.02 Å². The Bertz CT molecular complexity index is 1070. The lowest BCUT2D eigenvalue weighted by molar-refractivity contribution is 0.0535. The zero-order valence-corrected chi connectivity index (χ0v) is 17.1. The number of carbonyl (C=O) groups excluding carboxylic acids is 2. The molecule has 30 heavy (non-hydrogen) atoms. The van der Waals surface area contributed by atoms with E-state index in [1.807, 2.05) is 6.92 Å². The first-order chi connectivity index (χ1) is 14.4. The van der Waals surface area contributed by atoms with Gasteiger partial charge >= 0.3 is 0 Å². The Morgan fingerprint density at radius 3 is 2.07 bits per heavy atom. The molecule has 0 N–H and O–H groups in total. The first kappa shape index (κ1) is 20.1. The van der Waals surface area contributed by atoms with Gasteiger partial charge in [-0.2, -0.15) is 5.10 Å². The fourth-order valence-corrected chi connectivity index (χ4v) is 3.65. The summed E-state index contributed by atoms with van der Waals surface area (Å²) >= 11 is 5.88. The van der Waals surface area contributed by atoms with Crippen molar-refractivity contribution in [3.63, 3.8) is 0 Å². The van der Waals surface area contributed by atoms with Crippen LogP contribution in [0.3, 0.4) is 0 Å². The number of piperazine rings is 1. The van der Waals surface area contributed by atoms with E-state index in [2.05, 4.69) is 5.10 Å². The molecule has 0 atom stereocenters. The smallest absolute Gasteiger partial charge is 0.257 e. The van der Waals surface area contributed by atoms with Gasteiger partial charge in [0.1, 0.15) is 5.82 Å². The van der Waals surface area contributed by atoms with E-state index in [1.54, 1.807) is 50.9 Å². The molecule has 3 aromatic rings. The lowest BCUT2D eigenvalue weighted by Crippen LogP contribution is -2.50. The molecule has 1 fully saturated rings. The largest absolute Gasteiger partial charge is 0.335 e. The van der Waals surface area contributed by atoms with Crippen LogP contribution in [0.1, 0.15) is 26.4 Å². The molecule has 4 rings (SSSR count). The van der Waals surface area contributed by atoms with Gasteiger partial charge in [-0.05, 0) is 55.5 Å². The maximum Gasteiger partial charge on any atom is 0.257 e. The monoisotopic (exact) mass is 426 g/mol. The predicted molar refractivity (Wildman–Crippen MR) is 112 cm³/mol. The third-order valence-electron chi connectivity index (χ3n) is 5.26. The van der Waals surface area contributed by atoms with Crippen molar-refractivity contribution >= 4 is 23.4 Å². The minimum Gasteiger partial charge on any atom is -0.335 e. The summed E-state index contributed by atoms with van der Waals surface area (Å²) in [4.78, 5) is 29.1. The molecule has 0 aliphatic carbocycles. The zero-order chi connectivity index (χ0) is 21.3. The van der Waals surface area contributed by atoms with Crippen molar-refractivity contribution in [2.24, 2.45) is 0 Å². The topological polar surface area (TPSA) is 58.4 Å². The molecule has 2 aromatic carbocycles. The molecule has 2 heterocycles. The fourth-order valence-electron chi connectivity index (χ4n) is 3.52. The van der Waals surface area contributed by atoms with E-state index < -0.39 is 0 Å². The Labute approximate surface area is 178 Å². The number of carbonyl (C=O) groups is 2. The van der Waals surface area contributed by atoms with Crippen LogP contribution in [0.25, 0.3) is 5.69 Å². The fraction of sp³-hybridized carbons (Fsp3) is 0.227. The molecule has 0 saturated carbocycles. The molecule has 1 saturated heterocycles. The van der Waals surface area contributed by atoms with Crippen molar-refractivity contribution < 1.29 is 14.0 Å². The Morgan fingerprint density at radius 1 is 0.900 bits per heavy atom. The second kappa shape index (κ2) is 8.28. The Balaban J connectivity index is 1.43. The second-order valence-electron chi connectivity index (χ2n) is 7.12. The summed E-state index contributed by atoms with van der Waals surface area (Å²) in [6.07, 6.45) is 1.53. The van der Waals surface area contributed by atoms with Crippen molar-refractivity contribution in [2.45, 2.75) is 6.92 Å². The van der Waals surface area contributed by atoms with Gasteiger partial charge in [0.15, 0.2) is 0 Å². The Hall–Kier alpha value is -3.19. The van der Waals surface area contributed by atoms with E-state index in [0.29, 0.717) is 53.7 Å². The van der Waals surface area contributed by atoms with Crippen LogP contribution in [-0.2, 0) is 0 Å². The number of aromatic nitrogens is 2. The summed E-state index contributed by atoms with van der Waals surface area (Å²) in [7, 11) is 0. The minimum atomic E-state index is -0.328. The first-order valence-corrected chi connectivity index (χ1v) is 9.96. The zero-order valence-electron chi connectivity index (χ0n) is 16.4. The normalized spacial score (nSPS) is 14.1. The van der Waals surface area contributed by atoms with Gasteiger partial charge in [0.05, 0.1) is 23.1 Å². The van der Waals surface area contributed by atoms with Crippen molar-refractivity contribution in [3.8, 4) is 5.69 Å². The van der Waals surface area contributed by atoms with Gasteiger partial charge in [-0.3, -0.25) is 9.59 Å². The van der Waals surface area contributed by atoms with Gasteiger partial charge in [0, 0.05) is 36.8 Å². The highest BCUT2D eigenvalue weighted by Crippen LogP contribution is 2.18. The van der Waals surface area contributed by atoms with Crippen molar-refractivity contribution in [3.05, 3.63) is 82.4 Å². The summed E-state index contributed by atoms with van der Waals surface area (Å²) in [5.41, 5.74) is 2.45. The molecule has 2 amide bonds. The second-order valence-corrected chi connectivity index (χ2v) is 7.56. The molecule has 1 aliphatic rings. The maximum absolute atomic E-state index is 13.2. The molecule has 0 bridgehead atoms. The number of hydrogen-bond acceptors (Lipinski definition) is 3. The number of nitrogens with zero attached hydrogens (tertiary/aromatic N) is 4. The van der Waals surface area contributed by atoms with Crippen LogP contribution in [0.5, 0.6) is 0 Å². The molecule has 154 valence electrons. The van der Waals surface area contributed by atoms with E-state index >= 15 is 0 Å². The summed E-state index contributed by atoms with van der Waals surface area (Å²) in [5, 5.41) is 4.87. The average molecular weight is 427 g/mol. The first-order valence-electron chi connectivity index (χ1n) is 9.59. The van der Waals surface area contributed by atoms with Gasteiger partial charge in [0.2, 0.25) is 0 Å². The van der Waals surface area contributed by atoms with Gasteiger partial charge < -0.3 is 9.80 Å². The minimum absolute atomic E-state index is 0.0703. The van der Waals surface area contributed by atoms with Gasteiger partial charge in [-0.15, -0.1) is 0 Å². The molecule has 0 radical (unpaired) electrons. The molecule has 1 aromatic heterocycles. The molecule has 0 spiro atoms. The van der Waals surface area contributed by atoms with Crippen LogP contribution >= 0.6 is 11.6 Å². The van der Waals surface area contributed by atoms with Crippen LogP contribution < -0.4 is 0 Å². The summed E-state index contributed by atoms with van der Waals surface area (Å²) in [5.74, 6) is -0.524. The highest BCUT2D eigenvalue weighted by Gasteiger charge is 2.27. The molecule has 8 heteroatoms. The Kier molecular flexibility index (Phi) is 5.55. The summed E-state index contributed by atoms with van der Waals surface area (Å²) < 4.78 is 14.8. The van der Waals surface area contributed by atoms with Crippen LogP contribution in [0, 0.1) is 12.7 Å². The Morgan fingerprint density at radius 2 is 1.47 bits per heavy atom. The maximum atomic E-state index is 13.2. The quantitative estimate of drug-likeness (QED) is 0.643. The summed E-state index contributed by atoms with van der Waals surface area (Å²) in [6.45, 7) is 3.61. The van der Waals surface area contributed by atoms with E-state index in [-0.39, 0.29) is 17.6 Å². The average Bonchev–Trinajstić information content (AvgIpc) is 3.15. The van der Waals surface area contributed by atoms with E-state index in [1.165, 1.54) is 18.3 Å². The van der Waals surface area contributed by atoms with Crippen LogP contribution in [-0.4, -0.2) is 57.6 Å². The molecular weight excluding hydrogens is 407 g/mol. The number of benzene rings is 2. The standard InChI is InChI=1S/C22H20ClFN4O2/c1-15-20(14-25-28(15)19-8-6-18(24)7-9-19)22(30)27-12-10-26(11-13-27)21(29)16-2-4-17(23)5-3-16/h2-9,14H,10-13H2,1H3. The van der Waals surface area contributed by atoms with Crippen molar-refractivity contribution in [1.82, 2.24) is 19.6 Å². The van der Waals surface area contributed by atoms with Crippen LogP contribution in [0.15, 0.2) is 54.7 Å². The third-order valence-corrected chi connectivity index (χ3v) is 5.51. The van der Waals surface area contributed by atoms with Crippen molar-refractivity contribution in [2.75, 3.05) is 26.2 Å². The molecular formula is C22H20ClFN4O2. The highest BCUT2D eigenvalue weighted by atomic mass is 35.5. The van der Waals surface area contributed by atoms with E-state index in [9.17, 15) is 14.0 Å². The molecule has 0 unspecified atom stereocenters. The number of rotatable bonds is 3. The number of amides is 2. The van der Waals surface area contributed by atoms with E-state index in [4.69, 9.17) is 11.6 Å². The lowest BCUT2D eigenvalue weighted by Gasteiger charge is -2.34. The number of hydrogen-bond donors (Lipinski definition) is 0. The third kappa shape index (κ3) is 3.93. The summed E-state index contributed by atoms with van der Waals surface area (Å²) in [6, 6.07) is 12.7. The predicted octanol–water partition coefficient (Wildman–Crippen LogP) is 3.57. The molecule has 1 aliphatic heterocycles. The lowest BCUT2D eigenvalue weighted by atomic mass is 10.1. The molecule has 6 nitrogen and oxygen atoms in total. The van der Waals surface area contributed by atoms with E-state index in [0.717, 1.165) is 0 Å².